The van der Waals surface area contributed by atoms with Crippen LogP contribution in [0.2, 0.25) is 0 Å². The van der Waals surface area contributed by atoms with E-state index >= 15 is 0 Å². The normalized spacial score (nSPS) is 40.3. The van der Waals surface area contributed by atoms with Crippen molar-refractivity contribution in [3.63, 3.8) is 0 Å². The Morgan fingerprint density at radius 1 is 1.05 bits per heavy atom. The monoisotopic (exact) mass is 297 g/mol. The molecule has 4 nitrogen and oxygen atoms in total. The molecule has 1 atom stereocenters. The van der Waals surface area contributed by atoms with Crippen LogP contribution in [0, 0.1) is 5.92 Å². The number of hydrogen-bond donors (Lipinski definition) is 2. The molecule has 0 aromatic carbocycles. The van der Waals surface area contributed by atoms with E-state index in [-0.39, 0.29) is 5.60 Å². The number of aliphatic hydroxyl groups is 1. The molecule has 4 heteroatoms. The maximum atomic E-state index is 11.2. The van der Waals surface area contributed by atoms with Crippen LogP contribution in [0.1, 0.15) is 58.3 Å². The zero-order valence-corrected chi connectivity index (χ0v) is 13.4. The zero-order chi connectivity index (χ0) is 14.8. The molecule has 2 aliphatic heterocycles. The molecule has 0 aromatic rings. The zero-order valence-electron chi connectivity index (χ0n) is 13.4. The molecular formula is C17H31NO3. The highest BCUT2D eigenvalue weighted by Crippen LogP contribution is 2.45. The molecule has 2 N–H and O–H groups in total. The van der Waals surface area contributed by atoms with E-state index in [0.717, 1.165) is 77.7 Å². The maximum absolute atomic E-state index is 11.2. The summed E-state index contributed by atoms with van der Waals surface area (Å²) >= 11 is 0. The lowest BCUT2D eigenvalue weighted by atomic mass is 9.67. The molecule has 1 saturated carbocycles. The van der Waals surface area contributed by atoms with E-state index < -0.39 is 5.60 Å². The lowest BCUT2D eigenvalue weighted by Gasteiger charge is -2.50. The summed E-state index contributed by atoms with van der Waals surface area (Å²) in [5.41, 5.74) is -0.462. The van der Waals surface area contributed by atoms with Gasteiger partial charge in [-0.15, -0.1) is 0 Å². The third kappa shape index (κ3) is 3.44. The highest BCUT2D eigenvalue weighted by Gasteiger charge is 2.47. The Kier molecular flexibility index (Phi) is 4.89. The second-order valence-electron chi connectivity index (χ2n) is 7.27. The van der Waals surface area contributed by atoms with Crippen LogP contribution in [0.3, 0.4) is 0 Å². The van der Waals surface area contributed by atoms with Crippen LogP contribution < -0.4 is 5.32 Å². The van der Waals surface area contributed by atoms with Crippen molar-refractivity contribution in [1.29, 1.82) is 0 Å². The molecule has 0 bridgehead atoms. The van der Waals surface area contributed by atoms with Crippen LogP contribution in [0.4, 0.5) is 0 Å². The largest absolute Gasteiger partial charge is 0.390 e. The van der Waals surface area contributed by atoms with Gasteiger partial charge in [0, 0.05) is 25.9 Å². The van der Waals surface area contributed by atoms with Gasteiger partial charge in [0.1, 0.15) is 0 Å². The van der Waals surface area contributed by atoms with Gasteiger partial charge in [-0.05, 0) is 63.8 Å². The van der Waals surface area contributed by atoms with Gasteiger partial charge in [0.25, 0.3) is 0 Å². The second kappa shape index (κ2) is 6.53. The summed E-state index contributed by atoms with van der Waals surface area (Å²) in [4.78, 5) is 0. The molecule has 3 fully saturated rings. The molecule has 0 radical (unpaired) electrons. The van der Waals surface area contributed by atoms with Crippen LogP contribution in [-0.2, 0) is 9.47 Å². The number of hydrogen-bond acceptors (Lipinski definition) is 4. The summed E-state index contributed by atoms with van der Waals surface area (Å²) in [6.07, 6.45) is 8.16. The van der Waals surface area contributed by atoms with Crippen LogP contribution in [-0.4, -0.2) is 48.7 Å². The van der Waals surface area contributed by atoms with Crippen LogP contribution >= 0.6 is 0 Å². The van der Waals surface area contributed by atoms with Crippen LogP contribution in [0.25, 0.3) is 0 Å². The predicted octanol–water partition coefficient (Wildman–Crippen LogP) is 2.25. The summed E-state index contributed by atoms with van der Waals surface area (Å²) in [6, 6.07) is 0.604. The van der Waals surface area contributed by atoms with Crippen molar-refractivity contribution in [3.05, 3.63) is 0 Å². The molecule has 2 heterocycles. The molecule has 21 heavy (non-hydrogen) atoms. The van der Waals surface area contributed by atoms with E-state index in [2.05, 4.69) is 12.2 Å². The fourth-order valence-electron chi connectivity index (χ4n) is 4.60. The molecule has 2 saturated heterocycles. The average molecular weight is 297 g/mol. The van der Waals surface area contributed by atoms with Crippen molar-refractivity contribution in [1.82, 2.24) is 5.32 Å². The summed E-state index contributed by atoms with van der Waals surface area (Å²) in [7, 11) is 0. The lowest BCUT2D eigenvalue weighted by Crippen LogP contribution is -2.53. The van der Waals surface area contributed by atoms with Gasteiger partial charge in [-0.1, -0.05) is 6.92 Å². The van der Waals surface area contributed by atoms with Gasteiger partial charge in [-0.25, -0.2) is 0 Å². The van der Waals surface area contributed by atoms with Gasteiger partial charge < -0.3 is 19.9 Å². The topological polar surface area (TPSA) is 50.7 Å². The predicted molar refractivity (Wildman–Crippen MR) is 82.3 cm³/mol. The van der Waals surface area contributed by atoms with Crippen LogP contribution in [0.15, 0.2) is 0 Å². The Labute approximate surface area is 128 Å². The first kappa shape index (κ1) is 15.7. The first-order valence-electron chi connectivity index (χ1n) is 8.83. The van der Waals surface area contributed by atoms with Gasteiger partial charge >= 0.3 is 0 Å². The van der Waals surface area contributed by atoms with Gasteiger partial charge in [-0.3, -0.25) is 0 Å². The smallest absolute Gasteiger partial charge is 0.0730 e. The van der Waals surface area contributed by atoms with Crippen molar-refractivity contribution in [3.8, 4) is 0 Å². The third-order valence-corrected chi connectivity index (χ3v) is 6.00. The van der Waals surface area contributed by atoms with E-state index in [1.54, 1.807) is 0 Å². The Bertz CT molecular complexity index is 327. The standard InChI is InChI=1S/C17H31NO3/c1-2-18-15-3-6-17(19,7-4-15)14-5-10-21-16(13-14)8-11-20-12-9-16/h14-15,18-19H,2-13H2,1H3. The SMILES string of the molecule is CCNC1CCC(O)(C2CCOC3(CCOCC3)C2)CC1. The molecule has 3 rings (SSSR count). The van der Waals surface area contributed by atoms with Crippen molar-refractivity contribution in [2.24, 2.45) is 5.92 Å². The molecule has 0 aromatic heterocycles. The van der Waals surface area contributed by atoms with Crippen molar-refractivity contribution in [2.75, 3.05) is 26.4 Å². The molecule has 1 spiro atoms. The lowest BCUT2D eigenvalue weighted by molar-refractivity contribution is -0.181. The summed E-state index contributed by atoms with van der Waals surface area (Å²) in [6.45, 7) is 5.63. The minimum absolute atomic E-state index is 0.00455. The van der Waals surface area contributed by atoms with Gasteiger partial charge in [-0.2, -0.15) is 0 Å². The fraction of sp³-hybridized carbons (Fsp3) is 1.00. The maximum Gasteiger partial charge on any atom is 0.0730 e. The van der Waals surface area contributed by atoms with Crippen molar-refractivity contribution < 1.29 is 14.6 Å². The number of rotatable bonds is 3. The Morgan fingerprint density at radius 2 is 1.76 bits per heavy atom. The van der Waals surface area contributed by atoms with E-state index in [1.807, 2.05) is 0 Å². The second-order valence-corrected chi connectivity index (χ2v) is 7.27. The van der Waals surface area contributed by atoms with Crippen molar-refractivity contribution >= 4 is 0 Å². The van der Waals surface area contributed by atoms with Crippen molar-refractivity contribution in [2.45, 2.75) is 75.5 Å². The highest BCUT2D eigenvalue weighted by molar-refractivity contribution is 4.99. The molecule has 1 aliphatic carbocycles. The Balaban J connectivity index is 1.60. The van der Waals surface area contributed by atoms with E-state index in [1.165, 1.54) is 0 Å². The van der Waals surface area contributed by atoms with E-state index in [0.29, 0.717) is 12.0 Å². The minimum Gasteiger partial charge on any atom is -0.390 e. The molecule has 0 amide bonds. The number of nitrogens with one attached hydrogen (secondary N) is 1. The first-order chi connectivity index (χ1) is 10.2. The molecular weight excluding hydrogens is 266 g/mol. The van der Waals surface area contributed by atoms with Gasteiger partial charge in [0.15, 0.2) is 0 Å². The Morgan fingerprint density at radius 3 is 2.43 bits per heavy atom. The van der Waals surface area contributed by atoms with Crippen LogP contribution in [0.5, 0.6) is 0 Å². The summed E-state index contributed by atoms with van der Waals surface area (Å²) in [5.74, 6) is 0.409. The van der Waals surface area contributed by atoms with Gasteiger partial charge in [0.2, 0.25) is 0 Å². The average Bonchev–Trinajstić information content (AvgIpc) is 2.51. The quantitative estimate of drug-likeness (QED) is 0.839. The molecule has 122 valence electrons. The summed E-state index contributed by atoms with van der Waals surface area (Å²) in [5, 5.41) is 14.7. The first-order valence-corrected chi connectivity index (χ1v) is 8.83. The molecule has 3 aliphatic rings. The van der Waals surface area contributed by atoms with Gasteiger partial charge in [0.05, 0.1) is 11.2 Å². The highest BCUT2D eigenvalue weighted by atomic mass is 16.5. The van der Waals surface area contributed by atoms with E-state index in [4.69, 9.17) is 9.47 Å². The minimum atomic E-state index is -0.457. The van der Waals surface area contributed by atoms with E-state index in [9.17, 15) is 5.11 Å². The fourth-order valence-corrected chi connectivity index (χ4v) is 4.60. The third-order valence-electron chi connectivity index (χ3n) is 6.00. The molecule has 1 unspecified atom stereocenters. The number of ether oxygens (including phenoxy) is 2. The summed E-state index contributed by atoms with van der Waals surface area (Å²) < 4.78 is 11.6. The Hall–Kier alpha value is -0.160.